The molecule has 5 nitrogen and oxygen atoms in total. The summed E-state index contributed by atoms with van der Waals surface area (Å²) < 4.78 is 12.9. The molecule has 0 radical (unpaired) electrons. The van der Waals surface area contributed by atoms with Gasteiger partial charge in [-0.1, -0.05) is 12.1 Å². The molecule has 0 saturated carbocycles. The van der Waals surface area contributed by atoms with Gasteiger partial charge in [-0.3, -0.25) is 0 Å². The predicted molar refractivity (Wildman–Crippen MR) is 80.8 cm³/mol. The number of aromatic nitrogens is 2. The molecule has 0 bridgehead atoms. The maximum atomic E-state index is 12.9. The van der Waals surface area contributed by atoms with Crippen LogP contribution >= 0.6 is 0 Å². The van der Waals surface area contributed by atoms with E-state index >= 15 is 0 Å². The molecule has 2 heterocycles. The Morgan fingerprint density at radius 2 is 1.95 bits per heavy atom. The van der Waals surface area contributed by atoms with Crippen molar-refractivity contribution in [2.45, 2.75) is 6.54 Å². The molecule has 1 fully saturated rings. The minimum Gasteiger partial charge on any atom is -0.368 e. The summed E-state index contributed by atoms with van der Waals surface area (Å²) in [5.74, 6) is 0.509. The van der Waals surface area contributed by atoms with E-state index in [1.807, 2.05) is 6.07 Å². The number of piperazine rings is 1. The van der Waals surface area contributed by atoms with E-state index in [0.29, 0.717) is 6.54 Å². The van der Waals surface area contributed by atoms with Crippen LogP contribution in [0.4, 0.5) is 15.9 Å². The molecule has 0 amide bonds. The monoisotopic (exact) mass is 287 g/mol. The van der Waals surface area contributed by atoms with Gasteiger partial charge in [-0.2, -0.15) is 5.10 Å². The molecule has 0 atom stereocenters. The van der Waals surface area contributed by atoms with Crippen LogP contribution in [0.25, 0.3) is 0 Å². The predicted octanol–water partition coefficient (Wildman–Crippen LogP) is 1.64. The molecule has 21 heavy (non-hydrogen) atoms. The Bertz CT molecular complexity index is 581. The summed E-state index contributed by atoms with van der Waals surface area (Å²) in [4.78, 5) is 2.29. The van der Waals surface area contributed by atoms with Gasteiger partial charge in [0.2, 0.25) is 0 Å². The van der Waals surface area contributed by atoms with Crippen LogP contribution in [0.15, 0.2) is 36.5 Å². The topological polar surface area (TPSA) is 53.1 Å². The van der Waals surface area contributed by atoms with Gasteiger partial charge in [-0.25, -0.2) is 4.39 Å². The molecule has 0 aliphatic carbocycles. The first-order chi connectivity index (χ1) is 10.3. The van der Waals surface area contributed by atoms with E-state index in [2.05, 4.69) is 25.7 Å². The summed E-state index contributed by atoms with van der Waals surface area (Å²) >= 11 is 0. The fraction of sp³-hybridized carbons (Fsp3) is 0.333. The molecule has 1 aliphatic rings. The number of nitrogens with one attached hydrogen (secondary N) is 2. The smallest absolute Gasteiger partial charge is 0.150 e. The van der Waals surface area contributed by atoms with Gasteiger partial charge in [0.05, 0.1) is 11.9 Å². The molecule has 0 spiro atoms. The number of halogens is 1. The molecule has 6 heteroatoms. The Hall–Kier alpha value is -2.21. The number of hydrogen-bond donors (Lipinski definition) is 2. The Balaban J connectivity index is 1.64. The van der Waals surface area contributed by atoms with Crippen molar-refractivity contribution in [3.8, 4) is 0 Å². The largest absolute Gasteiger partial charge is 0.368 e. The van der Waals surface area contributed by atoms with Gasteiger partial charge in [0.25, 0.3) is 0 Å². The van der Waals surface area contributed by atoms with Crippen LogP contribution in [0.2, 0.25) is 0 Å². The second-order valence-electron chi connectivity index (χ2n) is 5.02. The van der Waals surface area contributed by atoms with Crippen molar-refractivity contribution in [2.75, 3.05) is 36.4 Å². The van der Waals surface area contributed by atoms with Gasteiger partial charge in [-0.05, 0) is 17.7 Å². The quantitative estimate of drug-likeness (QED) is 0.895. The Kier molecular flexibility index (Phi) is 4.25. The number of nitrogens with zero attached hydrogens (tertiary/aromatic N) is 3. The zero-order valence-corrected chi connectivity index (χ0v) is 11.7. The maximum Gasteiger partial charge on any atom is 0.150 e. The van der Waals surface area contributed by atoms with E-state index in [-0.39, 0.29) is 5.82 Å². The second-order valence-corrected chi connectivity index (χ2v) is 5.02. The molecule has 1 aromatic heterocycles. The Morgan fingerprint density at radius 3 is 2.71 bits per heavy atom. The van der Waals surface area contributed by atoms with Crippen LogP contribution in [-0.2, 0) is 6.54 Å². The fourth-order valence-corrected chi connectivity index (χ4v) is 2.33. The Labute approximate surface area is 123 Å². The van der Waals surface area contributed by atoms with Crippen LogP contribution in [-0.4, -0.2) is 36.4 Å². The van der Waals surface area contributed by atoms with E-state index in [0.717, 1.165) is 43.2 Å². The lowest BCUT2D eigenvalue weighted by Crippen LogP contribution is -2.43. The average Bonchev–Trinajstić information content (AvgIpc) is 2.55. The van der Waals surface area contributed by atoms with E-state index in [1.54, 1.807) is 18.3 Å². The fourth-order valence-electron chi connectivity index (χ4n) is 2.33. The molecule has 110 valence electrons. The van der Waals surface area contributed by atoms with Crippen LogP contribution in [0.3, 0.4) is 0 Å². The standard InChI is InChI=1S/C15H18FN5/c16-13-3-1-12(2-4-13)10-18-15-9-14(11-19-20-15)21-7-5-17-6-8-21/h1-4,9,11,17H,5-8,10H2,(H,18,20). The summed E-state index contributed by atoms with van der Waals surface area (Å²) in [5.41, 5.74) is 2.08. The third kappa shape index (κ3) is 3.66. The molecule has 1 aliphatic heterocycles. The second kappa shape index (κ2) is 6.49. The lowest BCUT2D eigenvalue weighted by molar-refractivity contribution is 0.588. The normalized spacial score (nSPS) is 15.0. The lowest BCUT2D eigenvalue weighted by atomic mass is 10.2. The highest BCUT2D eigenvalue weighted by atomic mass is 19.1. The molecule has 1 aromatic carbocycles. The highest BCUT2D eigenvalue weighted by Crippen LogP contribution is 2.17. The van der Waals surface area contributed by atoms with Crippen molar-refractivity contribution in [1.29, 1.82) is 0 Å². The number of benzene rings is 1. The van der Waals surface area contributed by atoms with Crippen LogP contribution in [0.1, 0.15) is 5.56 Å². The van der Waals surface area contributed by atoms with E-state index in [4.69, 9.17) is 0 Å². The van der Waals surface area contributed by atoms with Crippen LogP contribution < -0.4 is 15.5 Å². The molecule has 2 aromatic rings. The third-order valence-electron chi connectivity index (χ3n) is 3.51. The molecule has 3 rings (SSSR count). The molecular weight excluding hydrogens is 269 g/mol. The van der Waals surface area contributed by atoms with E-state index in [9.17, 15) is 4.39 Å². The zero-order chi connectivity index (χ0) is 14.5. The van der Waals surface area contributed by atoms with Gasteiger partial charge in [0, 0.05) is 38.8 Å². The minimum absolute atomic E-state index is 0.223. The molecule has 2 N–H and O–H groups in total. The summed E-state index contributed by atoms with van der Waals surface area (Å²) in [6.07, 6.45) is 1.79. The minimum atomic E-state index is -0.223. The molecule has 1 saturated heterocycles. The highest BCUT2D eigenvalue weighted by molar-refractivity contribution is 5.52. The number of hydrogen-bond acceptors (Lipinski definition) is 5. The summed E-state index contributed by atoms with van der Waals surface area (Å²) in [6, 6.07) is 8.44. The van der Waals surface area contributed by atoms with Crippen LogP contribution in [0, 0.1) is 5.82 Å². The van der Waals surface area contributed by atoms with E-state index in [1.165, 1.54) is 12.1 Å². The van der Waals surface area contributed by atoms with E-state index < -0.39 is 0 Å². The zero-order valence-electron chi connectivity index (χ0n) is 11.7. The first-order valence-electron chi connectivity index (χ1n) is 7.08. The van der Waals surface area contributed by atoms with Gasteiger partial charge in [0.1, 0.15) is 5.82 Å². The van der Waals surface area contributed by atoms with Crippen molar-refractivity contribution in [2.24, 2.45) is 0 Å². The van der Waals surface area contributed by atoms with Crippen LogP contribution in [0.5, 0.6) is 0 Å². The third-order valence-corrected chi connectivity index (χ3v) is 3.51. The van der Waals surface area contributed by atoms with Gasteiger partial charge < -0.3 is 15.5 Å². The lowest BCUT2D eigenvalue weighted by Gasteiger charge is -2.29. The number of anilines is 2. The van der Waals surface area contributed by atoms with Gasteiger partial charge in [-0.15, -0.1) is 5.10 Å². The first kappa shape index (κ1) is 13.8. The first-order valence-corrected chi connectivity index (χ1v) is 7.08. The number of rotatable bonds is 4. The van der Waals surface area contributed by atoms with Crippen molar-refractivity contribution in [3.63, 3.8) is 0 Å². The van der Waals surface area contributed by atoms with Crippen molar-refractivity contribution in [3.05, 3.63) is 47.9 Å². The maximum absolute atomic E-state index is 12.9. The molecule has 0 unspecified atom stereocenters. The summed E-state index contributed by atoms with van der Waals surface area (Å²) in [7, 11) is 0. The van der Waals surface area contributed by atoms with Crippen molar-refractivity contribution in [1.82, 2.24) is 15.5 Å². The molecular formula is C15H18FN5. The summed E-state index contributed by atoms with van der Waals surface area (Å²) in [6.45, 7) is 4.52. The van der Waals surface area contributed by atoms with Crippen molar-refractivity contribution < 1.29 is 4.39 Å². The van der Waals surface area contributed by atoms with Gasteiger partial charge in [0.15, 0.2) is 5.82 Å². The van der Waals surface area contributed by atoms with Crippen molar-refractivity contribution >= 4 is 11.5 Å². The SMILES string of the molecule is Fc1ccc(CNc2cc(N3CCNCC3)cnn2)cc1. The Morgan fingerprint density at radius 1 is 1.19 bits per heavy atom. The highest BCUT2D eigenvalue weighted by Gasteiger charge is 2.11. The van der Waals surface area contributed by atoms with Gasteiger partial charge >= 0.3 is 0 Å². The average molecular weight is 287 g/mol. The summed E-state index contributed by atoms with van der Waals surface area (Å²) in [5, 5.41) is 14.7.